The number of hydrogen-bond donors (Lipinski definition) is 1. The summed E-state index contributed by atoms with van der Waals surface area (Å²) in [5.74, 6) is 0.919. The van der Waals surface area contributed by atoms with Crippen molar-refractivity contribution in [2.75, 3.05) is 32.9 Å². The van der Waals surface area contributed by atoms with E-state index in [2.05, 4.69) is 11.0 Å². The highest BCUT2D eigenvalue weighted by molar-refractivity contribution is 5.38. The predicted molar refractivity (Wildman–Crippen MR) is 79.0 cm³/mol. The van der Waals surface area contributed by atoms with E-state index in [0.717, 1.165) is 56.1 Å². The van der Waals surface area contributed by atoms with E-state index in [1.807, 2.05) is 19.1 Å². The zero-order valence-corrected chi connectivity index (χ0v) is 12.5. The SMILES string of the molecule is CCOc1ccc(C(C)O)cc1CN1CCCOCC1. The zero-order chi connectivity index (χ0) is 14.4. The Morgan fingerprint density at radius 2 is 2.20 bits per heavy atom. The van der Waals surface area contributed by atoms with E-state index in [1.165, 1.54) is 0 Å². The summed E-state index contributed by atoms with van der Waals surface area (Å²) in [5.41, 5.74) is 2.08. The third kappa shape index (κ3) is 4.20. The molecule has 1 unspecified atom stereocenters. The van der Waals surface area contributed by atoms with Gasteiger partial charge < -0.3 is 14.6 Å². The Hall–Kier alpha value is -1.10. The lowest BCUT2D eigenvalue weighted by Crippen LogP contribution is -2.26. The maximum absolute atomic E-state index is 9.75. The summed E-state index contributed by atoms with van der Waals surface area (Å²) in [6.45, 7) is 8.92. The van der Waals surface area contributed by atoms with Crippen LogP contribution < -0.4 is 4.74 Å². The summed E-state index contributed by atoms with van der Waals surface area (Å²) in [4.78, 5) is 2.39. The highest BCUT2D eigenvalue weighted by Crippen LogP contribution is 2.25. The van der Waals surface area contributed by atoms with Gasteiger partial charge in [0, 0.05) is 31.8 Å². The van der Waals surface area contributed by atoms with Crippen molar-refractivity contribution in [3.63, 3.8) is 0 Å². The monoisotopic (exact) mass is 279 g/mol. The molecule has 1 aliphatic heterocycles. The summed E-state index contributed by atoms with van der Waals surface area (Å²) >= 11 is 0. The standard InChI is InChI=1S/C16H25NO3/c1-3-20-16-6-5-14(13(2)18)11-15(16)12-17-7-4-9-19-10-8-17/h5-6,11,13,18H,3-4,7-10,12H2,1-2H3. The number of benzene rings is 1. The molecule has 0 aromatic heterocycles. The van der Waals surface area contributed by atoms with Crippen LogP contribution in [-0.4, -0.2) is 42.9 Å². The third-order valence-electron chi connectivity index (χ3n) is 3.58. The summed E-state index contributed by atoms with van der Waals surface area (Å²) in [6.07, 6.45) is 0.622. The largest absolute Gasteiger partial charge is 0.494 e. The molecule has 1 heterocycles. The Bertz CT molecular complexity index is 412. The second-order valence-corrected chi connectivity index (χ2v) is 5.22. The second-order valence-electron chi connectivity index (χ2n) is 5.22. The minimum Gasteiger partial charge on any atom is -0.494 e. The van der Waals surface area contributed by atoms with Gasteiger partial charge in [-0.05, 0) is 38.0 Å². The van der Waals surface area contributed by atoms with Gasteiger partial charge in [-0.25, -0.2) is 0 Å². The molecule has 4 nitrogen and oxygen atoms in total. The summed E-state index contributed by atoms with van der Waals surface area (Å²) in [6, 6.07) is 5.96. The molecule has 1 N–H and O–H groups in total. The van der Waals surface area contributed by atoms with Gasteiger partial charge in [0.05, 0.1) is 19.3 Å². The quantitative estimate of drug-likeness (QED) is 0.898. The molecule has 0 saturated carbocycles. The lowest BCUT2D eigenvalue weighted by molar-refractivity contribution is 0.140. The van der Waals surface area contributed by atoms with Gasteiger partial charge in [-0.3, -0.25) is 4.90 Å². The Morgan fingerprint density at radius 1 is 1.35 bits per heavy atom. The maximum atomic E-state index is 9.75. The molecule has 0 aliphatic carbocycles. The fraction of sp³-hybridized carbons (Fsp3) is 0.625. The normalized spacial score (nSPS) is 18.6. The van der Waals surface area contributed by atoms with Crippen molar-refractivity contribution in [3.8, 4) is 5.75 Å². The molecule has 1 aliphatic rings. The first-order chi connectivity index (χ1) is 9.70. The van der Waals surface area contributed by atoms with E-state index < -0.39 is 6.10 Å². The lowest BCUT2D eigenvalue weighted by Gasteiger charge is -2.21. The van der Waals surface area contributed by atoms with Crippen LogP contribution in [0.5, 0.6) is 5.75 Å². The fourth-order valence-electron chi connectivity index (χ4n) is 2.48. The van der Waals surface area contributed by atoms with E-state index >= 15 is 0 Å². The average molecular weight is 279 g/mol. The first kappa shape index (κ1) is 15.3. The van der Waals surface area contributed by atoms with Gasteiger partial charge in [-0.1, -0.05) is 6.07 Å². The highest BCUT2D eigenvalue weighted by atomic mass is 16.5. The lowest BCUT2D eigenvalue weighted by atomic mass is 10.1. The van der Waals surface area contributed by atoms with Gasteiger partial charge in [0.1, 0.15) is 5.75 Å². The number of aliphatic hydroxyl groups is 1. The van der Waals surface area contributed by atoms with Crippen LogP contribution in [-0.2, 0) is 11.3 Å². The topological polar surface area (TPSA) is 41.9 Å². The molecule has 1 fully saturated rings. The van der Waals surface area contributed by atoms with E-state index in [1.54, 1.807) is 6.92 Å². The van der Waals surface area contributed by atoms with Crippen LogP contribution >= 0.6 is 0 Å². The van der Waals surface area contributed by atoms with Crippen LogP contribution in [0.15, 0.2) is 18.2 Å². The smallest absolute Gasteiger partial charge is 0.123 e. The molecule has 112 valence electrons. The van der Waals surface area contributed by atoms with Gasteiger partial charge in [-0.15, -0.1) is 0 Å². The number of hydrogen-bond acceptors (Lipinski definition) is 4. The van der Waals surface area contributed by atoms with Crippen molar-refractivity contribution < 1.29 is 14.6 Å². The Labute approximate surface area is 121 Å². The van der Waals surface area contributed by atoms with Gasteiger partial charge >= 0.3 is 0 Å². The molecule has 1 aromatic carbocycles. The van der Waals surface area contributed by atoms with Crippen LogP contribution in [0.1, 0.15) is 37.5 Å². The molecule has 20 heavy (non-hydrogen) atoms. The van der Waals surface area contributed by atoms with Crippen molar-refractivity contribution in [2.45, 2.75) is 32.9 Å². The van der Waals surface area contributed by atoms with Gasteiger partial charge in [-0.2, -0.15) is 0 Å². The van der Waals surface area contributed by atoms with E-state index in [9.17, 15) is 5.11 Å². The molecule has 1 atom stereocenters. The van der Waals surface area contributed by atoms with Gasteiger partial charge in [0.25, 0.3) is 0 Å². The summed E-state index contributed by atoms with van der Waals surface area (Å²) in [5, 5.41) is 9.75. The van der Waals surface area contributed by atoms with Crippen molar-refractivity contribution in [1.82, 2.24) is 4.90 Å². The number of aliphatic hydroxyl groups excluding tert-OH is 1. The molecule has 1 aromatic rings. The van der Waals surface area contributed by atoms with Crippen molar-refractivity contribution in [1.29, 1.82) is 0 Å². The summed E-state index contributed by atoms with van der Waals surface area (Å²) < 4.78 is 11.2. The Balaban J connectivity index is 2.15. The molecule has 4 heteroatoms. The first-order valence-electron chi connectivity index (χ1n) is 7.44. The van der Waals surface area contributed by atoms with E-state index in [-0.39, 0.29) is 0 Å². The van der Waals surface area contributed by atoms with E-state index in [0.29, 0.717) is 6.61 Å². The molecule has 0 amide bonds. The van der Waals surface area contributed by atoms with Crippen LogP contribution in [0.2, 0.25) is 0 Å². The molecule has 2 rings (SSSR count). The summed E-state index contributed by atoms with van der Waals surface area (Å²) in [7, 11) is 0. The average Bonchev–Trinajstić information content (AvgIpc) is 2.69. The number of nitrogens with zero attached hydrogens (tertiary/aromatic N) is 1. The fourth-order valence-corrected chi connectivity index (χ4v) is 2.48. The highest BCUT2D eigenvalue weighted by Gasteiger charge is 2.14. The second kappa shape index (κ2) is 7.62. The van der Waals surface area contributed by atoms with Crippen LogP contribution in [0.4, 0.5) is 0 Å². The van der Waals surface area contributed by atoms with Crippen LogP contribution in [0.3, 0.4) is 0 Å². The molecule has 1 saturated heterocycles. The van der Waals surface area contributed by atoms with Gasteiger partial charge in [0.15, 0.2) is 0 Å². The van der Waals surface area contributed by atoms with Crippen molar-refractivity contribution >= 4 is 0 Å². The molecule has 0 bridgehead atoms. The van der Waals surface area contributed by atoms with Crippen LogP contribution in [0.25, 0.3) is 0 Å². The van der Waals surface area contributed by atoms with E-state index in [4.69, 9.17) is 9.47 Å². The molecular weight excluding hydrogens is 254 g/mol. The number of rotatable bonds is 5. The Kier molecular flexibility index (Phi) is 5.83. The third-order valence-corrected chi connectivity index (χ3v) is 3.58. The predicted octanol–water partition coefficient (Wildman–Crippen LogP) is 2.36. The van der Waals surface area contributed by atoms with Crippen LogP contribution in [0, 0.1) is 0 Å². The minimum absolute atomic E-state index is 0.447. The molecule has 0 spiro atoms. The zero-order valence-electron chi connectivity index (χ0n) is 12.5. The molecular formula is C16H25NO3. The van der Waals surface area contributed by atoms with Gasteiger partial charge in [0.2, 0.25) is 0 Å². The molecule has 0 radical (unpaired) electrons. The van der Waals surface area contributed by atoms with Crippen molar-refractivity contribution in [2.24, 2.45) is 0 Å². The number of ether oxygens (including phenoxy) is 2. The maximum Gasteiger partial charge on any atom is 0.123 e. The van der Waals surface area contributed by atoms with Crippen molar-refractivity contribution in [3.05, 3.63) is 29.3 Å². The first-order valence-corrected chi connectivity index (χ1v) is 7.44. The minimum atomic E-state index is -0.447. The Morgan fingerprint density at radius 3 is 2.95 bits per heavy atom.